The number of amides is 1. The highest BCUT2D eigenvalue weighted by molar-refractivity contribution is 7.07. The molecule has 0 aliphatic carbocycles. The maximum atomic E-state index is 13.2. The molecule has 2 aliphatic heterocycles. The Bertz CT molecular complexity index is 1200. The van der Waals surface area contributed by atoms with Crippen LogP contribution >= 0.6 is 11.3 Å². The van der Waals surface area contributed by atoms with Crippen LogP contribution in [0.2, 0.25) is 0 Å². The van der Waals surface area contributed by atoms with Crippen LogP contribution in [0, 0.1) is 0 Å². The predicted octanol–water partition coefficient (Wildman–Crippen LogP) is 4.66. The van der Waals surface area contributed by atoms with Gasteiger partial charge in [-0.3, -0.25) is 9.47 Å². The van der Waals surface area contributed by atoms with Crippen LogP contribution in [-0.2, 0) is 25.5 Å². The smallest absolute Gasteiger partial charge is 0.416 e. The molecule has 35 heavy (non-hydrogen) atoms. The zero-order chi connectivity index (χ0) is 25.0. The SMILES string of the molecule is CC[C@H]1O[C@@H](n2cnc3c(N(Cc4ccsc4)C(=O)OC(C)(C)C)ncnc32)[C@H]2OC(C)(C)OC12. The summed E-state index contributed by atoms with van der Waals surface area (Å²) < 4.78 is 26.2. The molecule has 5 rings (SSSR count). The Balaban J connectivity index is 1.53. The van der Waals surface area contributed by atoms with Crippen LogP contribution in [-0.4, -0.2) is 55.3 Å². The van der Waals surface area contributed by atoms with E-state index in [-0.39, 0.29) is 18.3 Å². The van der Waals surface area contributed by atoms with Crippen molar-refractivity contribution >= 4 is 34.4 Å². The van der Waals surface area contributed by atoms with Gasteiger partial charge in [-0.1, -0.05) is 6.92 Å². The number of ether oxygens (including phenoxy) is 4. The summed E-state index contributed by atoms with van der Waals surface area (Å²) >= 11 is 1.56. The van der Waals surface area contributed by atoms with E-state index >= 15 is 0 Å². The standard InChI is InChI=1S/C24H31N5O5S/c1-7-15-17-18(33-24(5,6)32-17)21(31-15)29-13-27-16-19(25-12-26-20(16)29)28(10-14-8-9-35-11-14)22(30)34-23(2,3)4/h8-9,11-13,15,17-18,21H,7,10H2,1-6H3/t15-,17?,18+,21-/m1/s1. The monoisotopic (exact) mass is 501 g/mol. The summed E-state index contributed by atoms with van der Waals surface area (Å²) in [5.74, 6) is -0.324. The summed E-state index contributed by atoms with van der Waals surface area (Å²) in [5, 5.41) is 3.96. The summed E-state index contributed by atoms with van der Waals surface area (Å²) in [4.78, 5) is 28.3. The fourth-order valence-corrected chi connectivity index (χ4v) is 5.20. The van der Waals surface area contributed by atoms with Crippen LogP contribution in [0.3, 0.4) is 0 Å². The van der Waals surface area contributed by atoms with E-state index < -0.39 is 23.7 Å². The Labute approximate surface area is 208 Å². The fraction of sp³-hybridized carbons (Fsp3) is 0.583. The number of hydrogen-bond acceptors (Lipinski definition) is 9. The molecule has 0 N–H and O–H groups in total. The van der Waals surface area contributed by atoms with Crippen molar-refractivity contribution in [3.05, 3.63) is 35.0 Å². The second kappa shape index (κ2) is 8.81. The average molecular weight is 502 g/mol. The minimum absolute atomic E-state index is 0.109. The van der Waals surface area contributed by atoms with Crippen molar-refractivity contribution in [3.8, 4) is 0 Å². The first-order valence-electron chi connectivity index (χ1n) is 11.8. The molecule has 2 saturated heterocycles. The number of rotatable bonds is 5. The highest BCUT2D eigenvalue weighted by Crippen LogP contribution is 2.44. The Morgan fingerprint density at radius 2 is 2.00 bits per heavy atom. The van der Waals surface area contributed by atoms with Gasteiger partial charge in [0.25, 0.3) is 0 Å². The van der Waals surface area contributed by atoms with Gasteiger partial charge in [0.05, 0.1) is 19.0 Å². The van der Waals surface area contributed by atoms with E-state index in [9.17, 15) is 4.79 Å². The minimum Gasteiger partial charge on any atom is -0.443 e. The minimum atomic E-state index is -0.699. The molecule has 0 bridgehead atoms. The van der Waals surface area contributed by atoms with Crippen molar-refractivity contribution in [2.24, 2.45) is 0 Å². The van der Waals surface area contributed by atoms with Crippen LogP contribution in [0.5, 0.6) is 0 Å². The van der Waals surface area contributed by atoms with Gasteiger partial charge in [0.1, 0.15) is 24.1 Å². The van der Waals surface area contributed by atoms with Crippen molar-refractivity contribution in [1.82, 2.24) is 19.5 Å². The van der Waals surface area contributed by atoms with E-state index in [1.165, 1.54) is 11.2 Å². The van der Waals surface area contributed by atoms with E-state index in [1.807, 2.05) is 56.0 Å². The highest BCUT2D eigenvalue weighted by atomic mass is 32.1. The molecule has 10 nitrogen and oxygen atoms in total. The van der Waals surface area contributed by atoms with Gasteiger partial charge in [-0.2, -0.15) is 11.3 Å². The molecule has 0 radical (unpaired) electrons. The zero-order valence-electron chi connectivity index (χ0n) is 20.8. The Morgan fingerprint density at radius 1 is 1.23 bits per heavy atom. The summed E-state index contributed by atoms with van der Waals surface area (Å²) in [6.07, 6.45) is 2.31. The Morgan fingerprint density at radius 3 is 2.69 bits per heavy atom. The molecule has 3 aromatic rings. The van der Waals surface area contributed by atoms with Gasteiger partial charge in [-0.05, 0) is 63.4 Å². The van der Waals surface area contributed by atoms with Gasteiger partial charge in [0.2, 0.25) is 0 Å². The van der Waals surface area contributed by atoms with Gasteiger partial charge in [0, 0.05) is 0 Å². The Kier molecular flexibility index (Phi) is 6.07. The molecule has 1 unspecified atom stereocenters. The first-order chi connectivity index (χ1) is 16.6. The molecule has 3 aromatic heterocycles. The number of thiophene rings is 1. The number of aromatic nitrogens is 4. The normalized spacial score (nSPS) is 25.7. The first-order valence-corrected chi connectivity index (χ1v) is 12.7. The predicted molar refractivity (Wildman–Crippen MR) is 130 cm³/mol. The second-order valence-electron chi connectivity index (χ2n) is 10.3. The molecular formula is C24H31N5O5S. The highest BCUT2D eigenvalue weighted by Gasteiger charge is 2.55. The first kappa shape index (κ1) is 24.1. The summed E-state index contributed by atoms with van der Waals surface area (Å²) in [6.45, 7) is 11.7. The average Bonchev–Trinajstić information content (AvgIpc) is 3.54. The van der Waals surface area contributed by atoms with Crippen molar-refractivity contribution in [3.63, 3.8) is 0 Å². The Hall–Kier alpha value is -2.60. The molecule has 2 aliphatic rings. The number of nitrogens with zero attached hydrogens (tertiary/aromatic N) is 5. The van der Waals surface area contributed by atoms with Crippen molar-refractivity contribution in [2.75, 3.05) is 4.90 Å². The van der Waals surface area contributed by atoms with Crippen LogP contribution in [0.15, 0.2) is 29.5 Å². The molecule has 0 aromatic carbocycles. The third kappa shape index (κ3) is 4.65. The summed E-state index contributed by atoms with van der Waals surface area (Å²) in [7, 11) is 0. The summed E-state index contributed by atoms with van der Waals surface area (Å²) in [6, 6.07) is 1.97. The lowest BCUT2D eigenvalue weighted by Gasteiger charge is -2.27. The maximum absolute atomic E-state index is 13.2. The number of hydrogen-bond donors (Lipinski definition) is 0. The third-order valence-corrected chi connectivity index (χ3v) is 6.66. The lowest BCUT2D eigenvalue weighted by molar-refractivity contribution is -0.196. The second-order valence-corrected chi connectivity index (χ2v) is 11.0. The van der Waals surface area contributed by atoms with Crippen LogP contribution in [0.4, 0.5) is 10.6 Å². The molecule has 11 heteroatoms. The third-order valence-electron chi connectivity index (χ3n) is 5.93. The number of carbonyl (C=O) groups excluding carboxylic acids is 1. The molecule has 188 valence electrons. The van der Waals surface area contributed by atoms with Crippen LogP contribution < -0.4 is 4.90 Å². The van der Waals surface area contributed by atoms with E-state index in [1.54, 1.807) is 17.7 Å². The molecule has 2 fully saturated rings. The maximum Gasteiger partial charge on any atom is 0.416 e. The molecular weight excluding hydrogens is 470 g/mol. The lowest BCUT2D eigenvalue weighted by atomic mass is 10.1. The number of imidazole rings is 1. The number of anilines is 1. The zero-order valence-corrected chi connectivity index (χ0v) is 21.6. The van der Waals surface area contributed by atoms with Gasteiger partial charge < -0.3 is 18.9 Å². The molecule has 4 atom stereocenters. The van der Waals surface area contributed by atoms with E-state index in [0.717, 1.165) is 12.0 Å². The quantitative estimate of drug-likeness (QED) is 0.498. The number of fused-ring (bicyclic) bond motifs is 2. The van der Waals surface area contributed by atoms with Crippen molar-refractivity contribution in [1.29, 1.82) is 0 Å². The fourth-order valence-electron chi connectivity index (χ4n) is 4.54. The topological polar surface area (TPSA) is 101 Å². The van der Waals surface area contributed by atoms with Gasteiger partial charge in [-0.15, -0.1) is 0 Å². The van der Waals surface area contributed by atoms with Gasteiger partial charge >= 0.3 is 6.09 Å². The molecule has 1 amide bonds. The van der Waals surface area contributed by atoms with Crippen LogP contribution in [0.1, 0.15) is 59.8 Å². The largest absolute Gasteiger partial charge is 0.443 e. The lowest BCUT2D eigenvalue weighted by Crippen LogP contribution is -2.37. The van der Waals surface area contributed by atoms with Crippen molar-refractivity contribution in [2.45, 2.75) is 90.4 Å². The summed E-state index contributed by atoms with van der Waals surface area (Å²) in [5.41, 5.74) is 1.33. The van der Waals surface area contributed by atoms with Crippen molar-refractivity contribution < 1.29 is 23.7 Å². The molecule has 5 heterocycles. The van der Waals surface area contributed by atoms with E-state index in [0.29, 0.717) is 23.5 Å². The van der Waals surface area contributed by atoms with Gasteiger partial charge in [-0.25, -0.2) is 19.7 Å². The van der Waals surface area contributed by atoms with E-state index in [4.69, 9.17) is 18.9 Å². The van der Waals surface area contributed by atoms with E-state index in [2.05, 4.69) is 21.9 Å². The molecule has 0 spiro atoms. The van der Waals surface area contributed by atoms with Gasteiger partial charge in [0.15, 0.2) is 29.0 Å². The molecule has 0 saturated carbocycles. The van der Waals surface area contributed by atoms with Crippen LogP contribution in [0.25, 0.3) is 11.2 Å². The number of carbonyl (C=O) groups is 1.